The maximum absolute atomic E-state index is 13.4. The Balaban J connectivity index is 2.27. The molecule has 20 heavy (non-hydrogen) atoms. The third kappa shape index (κ3) is 3.08. The molecule has 0 heterocycles. The number of hydrogen-bond donors (Lipinski definition) is 1. The van der Waals surface area contributed by atoms with Crippen LogP contribution in [-0.2, 0) is 6.61 Å². The average Bonchev–Trinajstić information content (AvgIpc) is 2.37. The van der Waals surface area contributed by atoms with Crippen LogP contribution in [0.1, 0.15) is 11.1 Å². The van der Waals surface area contributed by atoms with E-state index in [-0.39, 0.29) is 11.6 Å². The fraction of sp³-hybridized carbons (Fsp3) is 0.0714. The Bertz CT molecular complexity index is 641. The number of ether oxygens (including phenoxy) is 1. The highest BCUT2D eigenvalue weighted by Gasteiger charge is 2.12. The van der Waals surface area contributed by atoms with Crippen molar-refractivity contribution in [2.45, 2.75) is 6.61 Å². The zero-order valence-corrected chi connectivity index (χ0v) is 11.0. The fourth-order valence-corrected chi connectivity index (χ4v) is 1.89. The molecule has 2 aromatic carbocycles. The van der Waals surface area contributed by atoms with E-state index in [2.05, 4.69) is 0 Å². The lowest BCUT2D eigenvalue weighted by molar-refractivity contribution is 0.273. The number of halogens is 3. The van der Waals surface area contributed by atoms with Crippen molar-refractivity contribution in [3.63, 3.8) is 0 Å². The van der Waals surface area contributed by atoms with Crippen LogP contribution in [0.5, 0.6) is 5.75 Å². The Labute approximate surface area is 119 Å². The summed E-state index contributed by atoms with van der Waals surface area (Å²) in [6, 6.07) is 7.11. The second-order valence-corrected chi connectivity index (χ2v) is 4.45. The molecule has 2 aromatic rings. The number of nitrogens with two attached hydrogens (primary N) is 1. The minimum atomic E-state index is -0.835. The smallest absolute Gasteiger partial charge is 0.191 e. The number of para-hydroxylation sites is 1. The van der Waals surface area contributed by atoms with Crippen LogP contribution in [-0.4, -0.2) is 4.99 Å². The Hall–Kier alpha value is -2.08. The van der Waals surface area contributed by atoms with Crippen molar-refractivity contribution in [3.05, 3.63) is 65.0 Å². The van der Waals surface area contributed by atoms with Crippen LogP contribution in [0.2, 0.25) is 0 Å². The van der Waals surface area contributed by atoms with E-state index < -0.39 is 23.2 Å². The van der Waals surface area contributed by atoms with Crippen molar-refractivity contribution < 1.29 is 17.9 Å². The second-order valence-electron chi connectivity index (χ2n) is 4.01. The first-order valence-electron chi connectivity index (χ1n) is 5.64. The van der Waals surface area contributed by atoms with E-state index in [0.29, 0.717) is 11.1 Å². The van der Waals surface area contributed by atoms with Gasteiger partial charge in [-0.1, -0.05) is 18.3 Å². The van der Waals surface area contributed by atoms with E-state index in [0.717, 1.165) is 18.2 Å². The molecule has 2 rings (SSSR count). The lowest BCUT2D eigenvalue weighted by Gasteiger charge is -2.11. The fourth-order valence-electron chi connectivity index (χ4n) is 1.69. The molecule has 0 bridgehead atoms. The van der Waals surface area contributed by atoms with Crippen molar-refractivity contribution in [1.82, 2.24) is 0 Å². The van der Waals surface area contributed by atoms with Gasteiger partial charge in [-0.2, -0.15) is 0 Å². The van der Waals surface area contributed by atoms with Crippen LogP contribution in [0, 0.1) is 17.5 Å². The van der Waals surface area contributed by atoms with Crippen LogP contribution in [0.25, 0.3) is 0 Å². The molecule has 0 amide bonds. The molecule has 0 aliphatic rings. The third-order valence-corrected chi connectivity index (χ3v) is 2.84. The summed E-state index contributed by atoms with van der Waals surface area (Å²) < 4.78 is 45.1. The summed E-state index contributed by atoms with van der Waals surface area (Å²) in [6.45, 7) is -0.248. The molecule has 0 saturated heterocycles. The zero-order valence-electron chi connectivity index (χ0n) is 10.2. The normalized spacial score (nSPS) is 10.3. The van der Waals surface area contributed by atoms with Crippen molar-refractivity contribution >= 4 is 17.2 Å². The maximum atomic E-state index is 13.4. The maximum Gasteiger partial charge on any atom is 0.191 e. The van der Waals surface area contributed by atoms with Crippen molar-refractivity contribution in [1.29, 1.82) is 0 Å². The average molecular weight is 297 g/mol. The van der Waals surface area contributed by atoms with Gasteiger partial charge in [-0.05, 0) is 30.3 Å². The molecule has 0 spiro atoms. The lowest BCUT2D eigenvalue weighted by Crippen LogP contribution is -2.14. The summed E-state index contributed by atoms with van der Waals surface area (Å²) in [7, 11) is 0. The molecule has 0 saturated carbocycles. The molecule has 0 atom stereocenters. The monoisotopic (exact) mass is 297 g/mol. The molecule has 104 valence electrons. The van der Waals surface area contributed by atoms with Gasteiger partial charge in [-0.15, -0.1) is 0 Å². The summed E-state index contributed by atoms with van der Waals surface area (Å²) in [6.07, 6.45) is 0. The lowest BCUT2D eigenvalue weighted by atomic mass is 10.1. The summed E-state index contributed by atoms with van der Waals surface area (Å²) in [5.41, 5.74) is 6.22. The summed E-state index contributed by atoms with van der Waals surface area (Å²) in [5.74, 6) is -2.71. The molecule has 0 aromatic heterocycles. The first kappa shape index (κ1) is 14.3. The van der Waals surface area contributed by atoms with E-state index >= 15 is 0 Å². The molecule has 0 unspecified atom stereocenters. The van der Waals surface area contributed by atoms with Crippen LogP contribution in [0.15, 0.2) is 36.4 Å². The van der Waals surface area contributed by atoms with Gasteiger partial charge in [-0.3, -0.25) is 0 Å². The zero-order chi connectivity index (χ0) is 14.7. The first-order chi connectivity index (χ1) is 9.49. The highest BCUT2D eigenvalue weighted by molar-refractivity contribution is 7.80. The predicted octanol–water partition coefficient (Wildman–Crippen LogP) is 3.32. The van der Waals surface area contributed by atoms with E-state index in [4.69, 9.17) is 22.7 Å². The van der Waals surface area contributed by atoms with Crippen molar-refractivity contribution in [2.75, 3.05) is 0 Å². The quantitative estimate of drug-likeness (QED) is 0.879. The molecule has 0 radical (unpaired) electrons. The van der Waals surface area contributed by atoms with Crippen LogP contribution in [0.3, 0.4) is 0 Å². The second kappa shape index (κ2) is 5.92. The SMILES string of the molecule is NC(=S)c1ccc(F)cc1COc1c(F)cccc1F. The van der Waals surface area contributed by atoms with Crippen LogP contribution >= 0.6 is 12.2 Å². The Kier molecular flexibility index (Phi) is 4.24. The van der Waals surface area contributed by atoms with E-state index in [1.54, 1.807) is 0 Å². The van der Waals surface area contributed by atoms with Gasteiger partial charge in [0.05, 0.1) is 0 Å². The standard InChI is InChI=1S/C14H10F3NOS/c15-9-4-5-10(14(18)20)8(6-9)7-19-13-11(16)2-1-3-12(13)17/h1-6H,7H2,(H2,18,20). The van der Waals surface area contributed by atoms with Gasteiger partial charge in [0.1, 0.15) is 17.4 Å². The van der Waals surface area contributed by atoms with Gasteiger partial charge in [0.15, 0.2) is 17.4 Å². The van der Waals surface area contributed by atoms with Crippen molar-refractivity contribution in [3.8, 4) is 5.75 Å². The van der Waals surface area contributed by atoms with Crippen LogP contribution < -0.4 is 10.5 Å². The van der Waals surface area contributed by atoms with Gasteiger partial charge in [0.25, 0.3) is 0 Å². The van der Waals surface area contributed by atoms with Crippen LogP contribution in [0.4, 0.5) is 13.2 Å². The molecule has 0 fully saturated rings. The van der Waals surface area contributed by atoms with Gasteiger partial charge in [0, 0.05) is 11.1 Å². The van der Waals surface area contributed by atoms with E-state index in [1.807, 2.05) is 0 Å². The molecular formula is C14H10F3NOS. The number of rotatable bonds is 4. The largest absolute Gasteiger partial charge is 0.483 e. The van der Waals surface area contributed by atoms with Gasteiger partial charge < -0.3 is 10.5 Å². The summed E-state index contributed by atoms with van der Waals surface area (Å²) >= 11 is 4.83. The highest BCUT2D eigenvalue weighted by Crippen LogP contribution is 2.23. The Morgan fingerprint density at radius 2 is 1.75 bits per heavy atom. The minimum absolute atomic E-state index is 0.0533. The highest BCUT2D eigenvalue weighted by atomic mass is 32.1. The van der Waals surface area contributed by atoms with Gasteiger partial charge >= 0.3 is 0 Å². The first-order valence-corrected chi connectivity index (χ1v) is 6.05. The molecular weight excluding hydrogens is 287 g/mol. The number of benzene rings is 2. The summed E-state index contributed by atoms with van der Waals surface area (Å²) in [5, 5.41) is 0. The van der Waals surface area contributed by atoms with Gasteiger partial charge in [0.2, 0.25) is 0 Å². The van der Waals surface area contributed by atoms with Crippen molar-refractivity contribution in [2.24, 2.45) is 5.73 Å². The predicted molar refractivity (Wildman–Crippen MR) is 73.0 cm³/mol. The Morgan fingerprint density at radius 3 is 2.35 bits per heavy atom. The van der Waals surface area contributed by atoms with E-state index in [1.165, 1.54) is 18.2 Å². The Morgan fingerprint density at radius 1 is 1.10 bits per heavy atom. The molecule has 2 nitrogen and oxygen atoms in total. The van der Waals surface area contributed by atoms with Gasteiger partial charge in [-0.25, -0.2) is 13.2 Å². The molecule has 0 aliphatic carbocycles. The molecule has 6 heteroatoms. The minimum Gasteiger partial charge on any atom is -0.483 e. The molecule has 2 N–H and O–H groups in total. The molecule has 0 aliphatic heterocycles. The topological polar surface area (TPSA) is 35.2 Å². The van der Waals surface area contributed by atoms with E-state index in [9.17, 15) is 13.2 Å². The number of hydrogen-bond acceptors (Lipinski definition) is 2. The number of thiocarbonyl (C=S) groups is 1. The third-order valence-electron chi connectivity index (χ3n) is 2.62. The summed E-state index contributed by atoms with van der Waals surface area (Å²) in [4.78, 5) is 0.0533.